The number of nitro groups is 1. The monoisotopic (exact) mass is 354 g/mol. The van der Waals surface area contributed by atoms with Crippen molar-refractivity contribution in [3.63, 3.8) is 0 Å². The zero-order valence-electron chi connectivity index (χ0n) is 13.1. The molecule has 8 nitrogen and oxygen atoms in total. The molecule has 0 aliphatic carbocycles. The highest BCUT2D eigenvalue weighted by Gasteiger charge is 2.23. The fraction of sp³-hybridized carbons (Fsp3) is 0.125. The Balaban J connectivity index is 1.47. The number of rotatable bonds is 6. The molecule has 0 atom stereocenters. The lowest BCUT2D eigenvalue weighted by atomic mass is 10.1. The van der Waals surface area contributed by atoms with Crippen molar-refractivity contribution in [3.05, 3.63) is 75.8 Å². The molecule has 0 bridgehead atoms. The molecular weight excluding hydrogens is 340 g/mol. The molecule has 0 fully saturated rings. The van der Waals surface area contributed by atoms with E-state index in [9.17, 15) is 10.1 Å². The van der Waals surface area contributed by atoms with E-state index in [1.54, 1.807) is 24.1 Å². The lowest BCUT2D eigenvalue weighted by Gasteiger charge is -2.06. The topological polar surface area (TPSA) is 90.3 Å². The maximum Gasteiger partial charge on any atom is 0.372 e. The Kier molecular flexibility index (Phi) is 3.90. The van der Waals surface area contributed by atoms with E-state index in [1.807, 2.05) is 35.0 Å². The minimum absolute atomic E-state index is 0.0343. The van der Waals surface area contributed by atoms with Crippen LogP contribution in [0.15, 0.2) is 54.6 Å². The molecule has 126 valence electrons. The number of thiazole rings is 1. The molecule has 1 aromatic carbocycles. The first-order valence-corrected chi connectivity index (χ1v) is 8.46. The van der Waals surface area contributed by atoms with Crippen molar-refractivity contribution >= 4 is 27.9 Å². The second-order valence-corrected chi connectivity index (χ2v) is 6.37. The summed E-state index contributed by atoms with van der Waals surface area (Å²) in [5, 5.41) is 16.1. The summed E-state index contributed by atoms with van der Waals surface area (Å²) in [6.07, 6.45) is 7.10. The molecule has 4 aromatic rings. The Labute approximate surface area is 146 Å². The molecule has 0 radical (unpaired) electrons. The smallest absolute Gasteiger partial charge is 0.359 e. The highest BCUT2D eigenvalue weighted by atomic mass is 32.1. The minimum Gasteiger partial charge on any atom is -0.359 e. The van der Waals surface area contributed by atoms with Gasteiger partial charge in [0.25, 0.3) is 4.96 Å². The first kappa shape index (κ1) is 15.3. The molecule has 4 rings (SSSR count). The Morgan fingerprint density at radius 3 is 2.72 bits per heavy atom. The third kappa shape index (κ3) is 3.09. The number of anilines is 1. The first-order valence-electron chi connectivity index (χ1n) is 7.58. The lowest BCUT2D eigenvalue weighted by Crippen LogP contribution is -2.03. The number of nitrogens with one attached hydrogen (secondary N) is 1. The van der Waals surface area contributed by atoms with Gasteiger partial charge in [0.05, 0.1) is 6.33 Å². The Hall–Kier alpha value is -3.20. The summed E-state index contributed by atoms with van der Waals surface area (Å²) in [7, 11) is 0. The van der Waals surface area contributed by atoms with Crippen molar-refractivity contribution < 1.29 is 4.92 Å². The van der Waals surface area contributed by atoms with Crippen LogP contribution in [0.1, 0.15) is 11.1 Å². The largest absolute Gasteiger partial charge is 0.372 e. The molecular formula is C16H14N6O2S. The van der Waals surface area contributed by atoms with E-state index >= 15 is 0 Å². The molecule has 25 heavy (non-hydrogen) atoms. The van der Waals surface area contributed by atoms with E-state index in [-0.39, 0.29) is 5.82 Å². The van der Waals surface area contributed by atoms with Crippen molar-refractivity contribution in [2.24, 2.45) is 0 Å². The molecule has 0 saturated carbocycles. The van der Waals surface area contributed by atoms with E-state index in [4.69, 9.17) is 0 Å². The summed E-state index contributed by atoms with van der Waals surface area (Å²) in [5.41, 5.74) is 2.19. The third-order valence-electron chi connectivity index (χ3n) is 3.82. The molecule has 0 aliphatic heterocycles. The van der Waals surface area contributed by atoms with Crippen LogP contribution >= 0.6 is 11.3 Å². The number of benzene rings is 1. The van der Waals surface area contributed by atoms with Crippen molar-refractivity contribution in [3.8, 4) is 0 Å². The highest BCUT2D eigenvalue weighted by Crippen LogP contribution is 2.28. The van der Waals surface area contributed by atoms with Gasteiger partial charge in [0, 0.05) is 30.9 Å². The standard InChI is InChI=1S/C16H14N6O2S/c23-22(24)15-14(19-16-21(15)7-8-25-16)18-9-12-1-3-13(4-2-12)10-20-6-5-17-11-20/h1-8,11,18H,9-10H2. The predicted molar refractivity (Wildman–Crippen MR) is 94.8 cm³/mol. The van der Waals surface area contributed by atoms with E-state index in [0.29, 0.717) is 17.3 Å². The molecule has 3 heterocycles. The van der Waals surface area contributed by atoms with Crippen LogP contribution in [0.3, 0.4) is 0 Å². The summed E-state index contributed by atoms with van der Waals surface area (Å²) in [4.78, 5) is 19.8. The van der Waals surface area contributed by atoms with Crippen molar-refractivity contribution in [2.45, 2.75) is 13.1 Å². The van der Waals surface area contributed by atoms with Gasteiger partial charge in [-0.25, -0.2) is 4.98 Å². The van der Waals surface area contributed by atoms with E-state index < -0.39 is 4.92 Å². The quantitative estimate of drug-likeness (QED) is 0.424. The van der Waals surface area contributed by atoms with Gasteiger partial charge < -0.3 is 20.0 Å². The fourth-order valence-electron chi connectivity index (χ4n) is 2.61. The van der Waals surface area contributed by atoms with Crippen LogP contribution in [-0.2, 0) is 13.1 Å². The average molecular weight is 354 g/mol. The zero-order valence-corrected chi connectivity index (χ0v) is 13.9. The molecule has 0 saturated heterocycles. The second-order valence-electron chi connectivity index (χ2n) is 5.50. The molecule has 3 aromatic heterocycles. The number of imidazole rings is 2. The highest BCUT2D eigenvalue weighted by molar-refractivity contribution is 7.15. The van der Waals surface area contributed by atoms with Crippen LogP contribution in [0.25, 0.3) is 4.96 Å². The van der Waals surface area contributed by atoms with Crippen LogP contribution < -0.4 is 5.32 Å². The van der Waals surface area contributed by atoms with Gasteiger partial charge in [0.2, 0.25) is 5.82 Å². The number of aromatic nitrogens is 4. The van der Waals surface area contributed by atoms with Gasteiger partial charge in [-0.1, -0.05) is 35.6 Å². The lowest BCUT2D eigenvalue weighted by molar-refractivity contribution is -0.389. The summed E-state index contributed by atoms with van der Waals surface area (Å²) in [6, 6.07) is 8.08. The number of hydrogen-bond acceptors (Lipinski definition) is 6. The van der Waals surface area contributed by atoms with Gasteiger partial charge in [-0.3, -0.25) is 0 Å². The van der Waals surface area contributed by atoms with E-state index in [2.05, 4.69) is 15.3 Å². The van der Waals surface area contributed by atoms with Gasteiger partial charge in [0.1, 0.15) is 6.20 Å². The summed E-state index contributed by atoms with van der Waals surface area (Å²) < 4.78 is 3.48. The van der Waals surface area contributed by atoms with Crippen molar-refractivity contribution in [2.75, 3.05) is 5.32 Å². The normalized spacial score (nSPS) is 11.0. The van der Waals surface area contributed by atoms with Gasteiger partial charge in [-0.05, 0) is 16.1 Å². The molecule has 1 N–H and O–H groups in total. The van der Waals surface area contributed by atoms with Gasteiger partial charge in [0.15, 0.2) is 0 Å². The first-order chi connectivity index (χ1) is 12.2. The fourth-order valence-corrected chi connectivity index (χ4v) is 3.32. The van der Waals surface area contributed by atoms with Crippen molar-refractivity contribution in [1.29, 1.82) is 0 Å². The predicted octanol–water partition coefficient (Wildman–Crippen LogP) is 3.16. The second kappa shape index (κ2) is 6.36. The SMILES string of the molecule is O=[N+]([O-])c1c(NCc2ccc(Cn3ccnc3)cc2)nc2sccn12. The van der Waals surface area contributed by atoms with Gasteiger partial charge in [-0.2, -0.15) is 9.38 Å². The van der Waals surface area contributed by atoms with Crippen molar-refractivity contribution in [1.82, 2.24) is 18.9 Å². The van der Waals surface area contributed by atoms with Crippen LogP contribution in [0.2, 0.25) is 0 Å². The number of hydrogen-bond donors (Lipinski definition) is 1. The molecule has 9 heteroatoms. The minimum atomic E-state index is -0.413. The molecule has 0 unspecified atom stereocenters. The van der Waals surface area contributed by atoms with Crippen LogP contribution in [0, 0.1) is 10.1 Å². The Bertz CT molecular complexity index is 1000. The third-order valence-corrected chi connectivity index (χ3v) is 4.57. The Morgan fingerprint density at radius 1 is 1.20 bits per heavy atom. The maximum atomic E-state index is 11.3. The summed E-state index contributed by atoms with van der Waals surface area (Å²) in [5.74, 6) is 0.257. The summed E-state index contributed by atoms with van der Waals surface area (Å²) >= 11 is 1.36. The maximum absolute atomic E-state index is 11.3. The molecule has 0 spiro atoms. The molecule has 0 amide bonds. The van der Waals surface area contributed by atoms with Gasteiger partial charge in [-0.15, -0.1) is 0 Å². The average Bonchev–Trinajstić information content (AvgIpc) is 3.30. The Morgan fingerprint density at radius 2 is 2.00 bits per heavy atom. The summed E-state index contributed by atoms with van der Waals surface area (Å²) in [6.45, 7) is 1.23. The van der Waals surface area contributed by atoms with E-state index in [1.165, 1.54) is 15.7 Å². The van der Waals surface area contributed by atoms with Crippen LogP contribution in [0.4, 0.5) is 11.6 Å². The van der Waals surface area contributed by atoms with Crippen LogP contribution in [-0.4, -0.2) is 23.9 Å². The number of nitrogens with zero attached hydrogens (tertiary/aromatic N) is 5. The zero-order chi connectivity index (χ0) is 17.2. The van der Waals surface area contributed by atoms with E-state index in [0.717, 1.165) is 17.7 Å². The molecule has 0 aliphatic rings. The van der Waals surface area contributed by atoms with Gasteiger partial charge >= 0.3 is 5.82 Å². The van der Waals surface area contributed by atoms with Crippen LogP contribution in [0.5, 0.6) is 0 Å². The number of fused-ring (bicyclic) bond motifs is 1.